The van der Waals surface area contributed by atoms with Crippen molar-refractivity contribution in [1.82, 2.24) is 4.90 Å². The van der Waals surface area contributed by atoms with Gasteiger partial charge in [-0.15, -0.1) is 0 Å². The number of halogens is 2. The van der Waals surface area contributed by atoms with E-state index in [1.807, 2.05) is 25.8 Å². The number of alkyl halides is 2. The second-order valence-electron chi connectivity index (χ2n) is 2.84. The summed E-state index contributed by atoms with van der Waals surface area (Å²) in [5.41, 5.74) is 0. The van der Waals surface area contributed by atoms with Gasteiger partial charge < -0.3 is 4.74 Å². The van der Waals surface area contributed by atoms with Crippen LogP contribution in [-0.4, -0.2) is 44.2 Å². The maximum Gasteiger partial charge on any atom is 0.240 e. The maximum absolute atomic E-state index is 11.9. The summed E-state index contributed by atoms with van der Waals surface area (Å²) in [4.78, 5) is 1.93. The third kappa shape index (κ3) is 5.16. The Balaban J connectivity index is 0.000000671. The molecule has 0 bridgehead atoms. The van der Waals surface area contributed by atoms with Crippen LogP contribution in [0, 0.1) is 0 Å². The summed E-state index contributed by atoms with van der Waals surface area (Å²) in [5, 5.41) is 0. The van der Waals surface area contributed by atoms with Crippen LogP contribution in [0.1, 0.15) is 20.3 Å². The lowest BCUT2D eigenvalue weighted by Gasteiger charge is -2.31. The molecule has 0 aromatic carbocycles. The van der Waals surface area contributed by atoms with Gasteiger partial charge >= 0.3 is 0 Å². The average molecular weight is 195 g/mol. The summed E-state index contributed by atoms with van der Waals surface area (Å²) in [6.45, 7) is 5.87. The number of hydrogen-bond acceptors (Lipinski definition) is 2. The number of likely N-dealkylation sites (N-methyl/N-ethyl adjacent to an activating group) is 1. The molecular formula is C9H19F2NO. The van der Waals surface area contributed by atoms with Crippen molar-refractivity contribution < 1.29 is 13.5 Å². The average Bonchev–Trinajstić information content (AvgIpc) is 2.12. The van der Waals surface area contributed by atoms with Gasteiger partial charge in [0.1, 0.15) is 0 Å². The number of morpholine rings is 1. The Labute approximate surface area is 78.9 Å². The molecule has 1 aliphatic heterocycles. The Kier molecular flexibility index (Phi) is 7.09. The van der Waals surface area contributed by atoms with Gasteiger partial charge in [0.15, 0.2) is 0 Å². The van der Waals surface area contributed by atoms with Crippen LogP contribution in [0.3, 0.4) is 0 Å². The second-order valence-corrected chi connectivity index (χ2v) is 2.84. The van der Waals surface area contributed by atoms with Crippen LogP contribution in [0.25, 0.3) is 0 Å². The van der Waals surface area contributed by atoms with E-state index in [0.29, 0.717) is 13.2 Å². The summed E-state index contributed by atoms with van der Waals surface area (Å²) in [5.74, 6) is 0. The van der Waals surface area contributed by atoms with E-state index in [1.54, 1.807) is 0 Å². The van der Waals surface area contributed by atoms with E-state index in [9.17, 15) is 8.78 Å². The van der Waals surface area contributed by atoms with E-state index in [-0.39, 0.29) is 12.5 Å². The molecule has 1 saturated heterocycles. The molecule has 0 aromatic heterocycles. The first-order valence-electron chi connectivity index (χ1n) is 4.76. The van der Waals surface area contributed by atoms with Crippen LogP contribution in [0.15, 0.2) is 0 Å². The molecule has 4 heteroatoms. The predicted molar refractivity (Wildman–Crippen MR) is 49.2 cm³/mol. The van der Waals surface area contributed by atoms with Gasteiger partial charge in [0.05, 0.1) is 13.2 Å². The fraction of sp³-hybridized carbons (Fsp3) is 1.00. The molecule has 1 unspecified atom stereocenters. The standard InChI is InChI=1S/C7H13F2NO.C2H6/c1-10-2-3-11-5-6(10)4-7(8)9;1-2/h6-7H,2-5H2,1H3;1-2H3. The summed E-state index contributed by atoms with van der Waals surface area (Å²) in [7, 11) is 1.86. The summed E-state index contributed by atoms with van der Waals surface area (Å²) in [6, 6.07) is -0.0938. The minimum Gasteiger partial charge on any atom is -0.378 e. The fourth-order valence-electron chi connectivity index (χ4n) is 1.19. The van der Waals surface area contributed by atoms with Crippen LogP contribution in [0.2, 0.25) is 0 Å². The van der Waals surface area contributed by atoms with Crippen LogP contribution < -0.4 is 0 Å². The SMILES string of the molecule is CC.CN1CCOCC1CC(F)F. The van der Waals surface area contributed by atoms with Crippen molar-refractivity contribution in [3.05, 3.63) is 0 Å². The highest BCUT2D eigenvalue weighted by Gasteiger charge is 2.22. The highest BCUT2D eigenvalue weighted by Crippen LogP contribution is 2.12. The molecule has 0 radical (unpaired) electrons. The first-order chi connectivity index (χ1) is 6.20. The van der Waals surface area contributed by atoms with Crippen LogP contribution in [0.5, 0.6) is 0 Å². The molecule has 1 atom stereocenters. The van der Waals surface area contributed by atoms with Gasteiger partial charge in [-0.2, -0.15) is 0 Å². The Morgan fingerprint density at radius 1 is 1.46 bits per heavy atom. The first kappa shape index (κ1) is 12.8. The zero-order chi connectivity index (χ0) is 10.3. The minimum absolute atomic E-state index is 0.0729. The third-order valence-electron chi connectivity index (χ3n) is 1.97. The molecule has 1 fully saturated rings. The highest BCUT2D eigenvalue weighted by molar-refractivity contribution is 4.72. The lowest BCUT2D eigenvalue weighted by Crippen LogP contribution is -2.43. The molecular weight excluding hydrogens is 176 g/mol. The lowest BCUT2D eigenvalue weighted by atomic mass is 10.2. The zero-order valence-corrected chi connectivity index (χ0v) is 8.59. The molecule has 1 rings (SSSR count). The quantitative estimate of drug-likeness (QED) is 0.668. The number of rotatable bonds is 2. The second kappa shape index (κ2) is 7.21. The van der Waals surface area contributed by atoms with Gasteiger partial charge in [0.25, 0.3) is 0 Å². The maximum atomic E-state index is 11.9. The van der Waals surface area contributed by atoms with Crippen molar-refractivity contribution in [2.75, 3.05) is 26.8 Å². The topological polar surface area (TPSA) is 12.5 Å². The fourth-order valence-corrected chi connectivity index (χ4v) is 1.19. The van der Waals surface area contributed by atoms with E-state index >= 15 is 0 Å². The van der Waals surface area contributed by atoms with Crippen LogP contribution in [0.4, 0.5) is 8.78 Å². The molecule has 13 heavy (non-hydrogen) atoms. The Bertz CT molecular complexity index is 122. The predicted octanol–water partition coefficient (Wildman–Crippen LogP) is 2.00. The first-order valence-corrected chi connectivity index (χ1v) is 4.76. The normalized spacial score (nSPS) is 24.0. The molecule has 0 saturated carbocycles. The van der Waals surface area contributed by atoms with Crippen molar-refractivity contribution >= 4 is 0 Å². The molecule has 0 spiro atoms. The van der Waals surface area contributed by atoms with Gasteiger partial charge in [0, 0.05) is 19.0 Å². The molecule has 1 aliphatic rings. The van der Waals surface area contributed by atoms with Gasteiger partial charge in [-0.1, -0.05) is 13.8 Å². The van der Waals surface area contributed by atoms with Gasteiger partial charge in [-0.05, 0) is 7.05 Å². The molecule has 2 nitrogen and oxygen atoms in total. The van der Waals surface area contributed by atoms with Crippen molar-refractivity contribution in [3.63, 3.8) is 0 Å². The number of nitrogens with zero attached hydrogens (tertiary/aromatic N) is 1. The highest BCUT2D eigenvalue weighted by atomic mass is 19.3. The van der Waals surface area contributed by atoms with E-state index in [1.165, 1.54) is 0 Å². The molecule has 0 N–H and O–H groups in total. The molecule has 0 aliphatic carbocycles. The summed E-state index contributed by atoms with van der Waals surface area (Å²) in [6.07, 6.45) is -2.29. The largest absolute Gasteiger partial charge is 0.378 e. The van der Waals surface area contributed by atoms with Crippen molar-refractivity contribution in [3.8, 4) is 0 Å². The molecule has 0 amide bonds. The minimum atomic E-state index is -2.22. The van der Waals surface area contributed by atoms with Crippen LogP contribution >= 0.6 is 0 Å². The Morgan fingerprint density at radius 2 is 2.08 bits per heavy atom. The zero-order valence-electron chi connectivity index (χ0n) is 8.59. The van der Waals surface area contributed by atoms with E-state index in [0.717, 1.165) is 6.54 Å². The molecule has 1 heterocycles. The van der Waals surface area contributed by atoms with E-state index in [2.05, 4.69) is 0 Å². The Morgan fingerprint density at radius 3 is 2.54 bits per heavy atom. The summed E-state index contributed by atoms with van der Waals surface area (Å²) < 4.78 is 28.9. The molecule has 0 aromatic rings. The van der Waals surface area contributed by atoms with E-state index in [4.69, 9.17) is 4.74 Å². The monoisotopic (exact) mass is 195 g/mol. The third-order valence-corrected chi connectivity index (χ3v) is 1.97. The van der Waals surface area contributed by atoms with Gasteiger partial charge in [-0.25, -0.2) is 8.78 Å². The number of hydrogen-bond donors (Lipinski definition) is 0. The smallest absolute Gasteiger partial charge is 0.240 e. The van der Waals surface area contributed by atoms with Crippen LogP contribution in [-0.2, 0) is 4.74 Å². The van der Waals surface area contributed by atoms with E-state index < -0.39 is 6.43 Å². The van der Waals surface area contributed by atoms with Gasteiger partial charge in [-0.3, -0.25) is 4.90 Å². The number of ether oxygens (including phenoxy) is 1. The van der Waals surface area contributed by atoms with Crippen molar-refractivity contribution in [2.45, 2.75) is 32.7 Å². The Hall–Kier alpha value is -0.220. The van der Waals surface area contributed by atoms with Crippen molar-refractivity contribution in [1.29, 1.82) is 0 Å². The lowest BCUT2D eigenvalue weighted by molar-refractivity contribution is -0.0193. The molecule has 80 valence electrons. The summed E-state index contributed by atoms with van der Waals surface area (Å²) >= 11 is 0. The van der Waals surface area contributed by atoms with Crippen molar-refractivity contribution in [2.24, 2.45) is 0 Å². The van der Waals surface area contributed by atoms with Gasteiger partial charge in [0.2, 0.25) is 6.43 Å².